The first-order chi connectivity index (χ1) is 11.9. The van der Waals surface area contributed by atoms with E-state index in [-0.39, 0.29) is 18.0 Å². The fraction of sp³-hybridized carbons (Fsp3) is 0.167. The zero-order valence-electron chi connectivity index (χ0n) is 13.7. The summed E-state index contributed by atoms with van der Waals surface area (Å²) >= 11 is 0. The van der Waals surface area contributed by atoms with Crippen LogP contribution in [0.1, 0.15) is 16.7 Å². The quantitative estimate of drug-likeness (QED) is 0.623. The van der Waals surface area contributed by atoms with Gasteiger partial charge in [-0.15, -0.1) is 10.2 Å². The van der Waals surface area contributed by atoms with Crippen LogP contribution in [0.2, 0.25) is 0 Å². The first-order valence-corrected chi connectivity index (χ1v) is 7.59. The van der Waals surface area contributed by atoms with Gasteiger partial charge in [0.25, 0.3) is 5.91 Å². The van der Waals surface area contributed by atoms with E-state index in [0.29, 0.717) is 10.9 Å². The minimum atomic E-state index is -0.803. The SMILES string of the molecule is Cc1ccc(C)c2c(N=NC(=O)Cc3ccc(O)c(F)c3)c(O)[nH]c12. The van der Waals surface area contributed by atoms with E-state index in [0.717, 1.165) is 22.7 Å². The molecule has 0 spiro atoms. The van der Waals surface area contributed by atoms with E-state index in [9.17, 15) is 14.3 Å². The van der Waals surface area contributed by atoms with Crippen molar-refractivity contribution in [1.29, 1.82) is 0 Å². The molecule has 0 atom stereocenters. The molecule has 128 valence electrons. The van der Waals surface area contributed by atoms with Gasteiger partial charge >= 0.3 is 0 Å². The van der Waals surface area contributed by atoms with Crippen molar-refractivity contribution < 1.29 is 19.4 Å². The lowest BCUT2D eigenvalue weighted by Gasteiger charge is -2.00. The summed E-state index contributed by atoms with van der Waals surface area (Å²) in [6.45, 7) is 3.76. The van der Waals surface area contributed by atoms with Gasteiger partial charge in [-0.25, -0.2) is 4.39 Å². The summed E-state index contributed by atoms with van der Waals surface area (Å²) < 4.78 is 13.3. The number of carbonyl (C=O) groups is 1. The monoisotopic (exact) mass is 341 g/mol. The third kappa shape index (κ3) is 3.21. The number of azo groups is 1. The number of aryl methyl sites for hydroxylation is 2. The molecule has 2 aromatic carbocycles. The number of amides is 1. The maximum absolute atomic E-state index is 13.3. The highest BCUT2D eigenvalue weighted by Crippen LogP contribution is 2.38. The summed E-state index contributed by atoms with van der Waals surface area (Å²) in [5, 5.41) is 27.4. The normalized spacial score (nSPS) is 11.5. The predicted molar refractivity (Wildman–Crippen MR) is 90.7 cm³/mol. The van der Waals surface area contributed by atoms with Gasteiger partial charge in [0.05, 0.1) is 11.9 Å². The largest absolute Gasteiger partial charge is 0.505 e. The molecule has 0 radical (unpaired) electrons. The Morgan fingerprint density at radius 1 is 1.16 bits per heavy atom. The Hall–Kier alpha value is -3.22. The number of hydrogen-bond acceptors (Lipinski definition) is 4. The highest BCUT2D eigenvalue weighted by Gasteiger charge is 2.15. The van der Waals surface area contributed by atoms with E-state index in [4.69, 9.17) is 5.11 Å². The molecule has 0 saturated heterocycles. The number of H-pyrrole nitrogens is 1. The highest BCUT2D eigenvalue weighted by molar-refractivity contribution is 5.98. The molecule has 0 fully saturated rings. The number of phenolic OH excluding ortho intramolecular Hbond substituents is 1. The van der Waals surface area contributed by atoms with Gasteiger partial charge in [-0.1, -0.05) is 18.2 Å². The molecule has 1 heterocycles. The number of fused-ring (bicyclic) bond motifs is 1. The molecule has 0 aliphatic carbocycles. The molecule has 0 bridgehead atoms. The van der Waals surface area contributed by atoms with Crippen LogP contribution in [0, 0.1) is 19.7 Å². The summed E-state index contributed by atoms with van der Waals surface area (Å²) in [7, 11) is 0. The molecule has 3 N–H and O–H groups in total. The number of benzene rings is 2. The van der Waals surface area contributed by atoms with Crippen molar-refractivity contribution in [3.63, 3.8) is 0 Å². The zero-order valence-corrected chi connectivity index (χ0v) is 13.7. The zero-order chi connectivity index (χ0) is 18.1. The van der Waals surface area contributed by atoms with Crippen LogP contribution in [0.3, 0.4) is 0 Å². The van der Waals surface area contributed by atoms with Gasteiger partial charge in [-0.05, 0) is 42.7 Å². The topological polar surface area (TPSA) is 98.0 Å². The minimum Gasteiger partial charge on any atom is -0.505 e. The van der Waals surface area contributed by atoms with E-state index in [1.54, 1.807) is 0 Å². The fourth-order valence-electron chi connectivity index (χ4n) is 2.65. The minimum absolute atomic E-state index is 0.165. The average Bonchev–Trinajstić information content (AvgIpc) is 2.90. The Morgan fingerprint density at radius 2 is 1.88 bits per heavy atom. The molecular weight excluding hydrogens is 325 g/mol. The number of halogens is 1. The Labute approximate surface area is 142 Å². The van der Waals surface area contributed by atoms with Gasteiger partial charge in [-0.3, -0.25) is 4.79 Å². The lowest BCUT2D eigenvalue weighted by atomic mass is 10.1. The Kier molecular flexibility index (Phi) is 4.22. The molecule has 1 aromatic heterocycles. The first kappa shape index (κ1) is 16.6. The number of nitrogens with zero attached hydrogens (tertiary/aromatic N) is 2. The van der Waals surface area contributed by atoms with Crippen LogP contribution in [-0.2, 0) is 11.2 Å². The molecule has 0 aliphatic heterocycles. The molecule has 3 rings (SSSR count). The third-order valence-electron chi connectivity index (χ3n) is 3.96. The van der Waals surface area contributed by atoms with Crippen LogP contribution >= 0.6 is 0 Å². The van der Waals surface area contributed by atoms with Crippen LogP contribution < -0.4 is 0 Å². The summed E-state index contributed by atoms with van der Waals surface area (Å²) in [6, 6.07) is 7.48. The van der Waals surface area contributed by atoms with Gasteiger partial charge in [0.15, 0.2) is 17.3 Å². The molecule has 0 saturated carbocycles. The van der Waals surface area contributed by atoms with E-state index < -0.39 is 17.5 Å². The van der Waals surface area contributed by atoms with Crippen LogP contribution in [0.25, 0.3) is 10.9 Å². The summed E-state index contributed by atoms with van der Waals surface area (Å²) in [5.74, 6) is -2.04. The second-order valence-electron chi connectivity index (χ2n) is 5.83. The third-order valence-corrected chi connectivity index (χ3v) is 3.96. The van der Waals surface area contributed by atoms with Crippen molar-refractivity contribution in [3.05, 3.63) is 52.8 Å². The average molecular weight is 341 g/mol. The number of hydrogen-bond donors (Lipinski definition) is 3. The van der Waals surface area contributed by atoms with Crippen molar-refractivity contribution in [2.24, 2.45) is 10.2 Å². The van der Waals surface area contributed by atoms with Gasteiger partial charge in [0.1, 0.15) is 0 Å². The van der Waals surface area contributed by atoms with E-state index in [2.05, 4.69) is 15.2 Å². The molecule has 7 heteroatoms. The predicted octanol–water partition coefficient (Wildman–Crippen LogP) is 4.19. The number of aromatic nitrogens is 1. The second kappa shape index (κ2) is 6.35. The number of phenols is 1. The Bertz CT molecular complexity index is 1010. The number of rotatable bonds is 3. The van der Waals surface area contributed by atoms with Gasteiger partial charge < -0.3 is 15.2 Å². The summed E-state index contributed by atoms with van der Waals surface area (Å²) in [4.78, 5) is 14.8. The van der Waals surface area contributed by atoms with Crippen LogP contribution in [-0.4, -0.2) is 21.1 Å². The van der Waals surface area contributed by atoms with Crippen molar-refractivity contribution in [2.45, 2.75) is 20.3 Å². The smallest absolute Gasteiger partial charge is 0.269 e. The van der Waals surface area contributed by atoms with Crippen LogP contribution in [0.5, 0.6) is 11.6 Å². The van der Waals surface area contributed by atoms with Crippen LogP contribution in [0.15, 0.2) is 40.6 Å². The Balaban J connectivity index is 1.88. The summed E-state index contributed by atoms with van der Waals surface area (Å²) in [5.41, 5.74) is 3.12. The van der Waals surface area contributed by atoms with Gasteiger partial charge in [-0.2, -0.15) is 0 Å². The molecular formula is C18H16FN3O3. The van der Waals surface area contributed by atoms with Crippen molar-refractivity contribution in [3.8, 4) is 11.6 Å². The maximum atomic E-state index is 13.3. The van der Waals surface area contributed by atoms with Crippen molar-refractivity contribution in [1.82, 2.24) is 4.98 Å². The molecule has 25 heavy (non-hydrogen) atoms. The fourth-order valence-corrected chi connectivity index (χ4v) is 2.65. The molecule has 0 aliphatic rings. The van der Waals surface area contributed by atoms with Gasteiger partial charge in [0.2, 0.25) is 5.88 Å². The first-order valence-electron chi connectivity index (χ1n) is 7.59. The van der Waals surface area contributed by atoms with Crippen molar-refractivity contribution in [2.75, 3.05) is 0 Å². The number of aromatic hydroxyl groups is 2. The Morgan fingerprint density at radius 3 is 2.60 bits per heavy atom. The molecule has 3 aromatic rings. The number of nitrogens with one attached hydrogen (secondary N) is 1. The van der Waals surface area contributed by atoms with Crippen LogP contribution in [0.4, 0.5) is 10.1 Å². The maximum Gasteiger partial charge on any atom is 0.269 e. The lowest BCUT2D eigenvalue weighted by molar-refractivity contribution is -0.117. The number of carbonyl (C=O) groups excluding carboxylic acids is 1. The van der Waals surface area contributed by atoms with Crippen molar-refractivity contribution >= 4 is 22.5 Å². The highest BCUT2D eigenvalue weighted by atomic mass is 19.1. The standard InChI is InChI=1S/C18H16FN3O3/c1-9-3-4-10(2)16-15(9)17(18(25)20-16)22-21-14(24)8-11-5-6-13(23)12(19)7-11/h3-7,20,23,25H,8H2,1-2H3. The number of aromatic amines is 1. The molecule has 1 amide bonds. The molecule has 6 nitrogen and oxygen atoms in total. The van der Waals surface area contributed by atoms with E-state index in [1.807, 2.05) is 26.0 Å². The van der Waals surface area contributed by atoms with Gasteiger partial charge in [0, 0.05) is 5.39 Å². The van der Waals surface area contributed by atoms with E-state index >= 15 is 0 Å². The van der Waals surface area contributed by atoms with E-state index in [1.165, 1.54) is 12.1 Å². The second-order valence-corrected chi connectivity index (χ2v) is 5.83. The lowest BCUT2D eigenvalue weighted by Crippen LogP contribution is -1.98. The summed E-state index contributed by atoms with van der Waals surface area (Å²) in [6.07, 6.45) is -0.165. The molecule has 0 unspecified atom stereocenters.